The van der Waals surface area contributed by atoms with Gasteiger partial charge in [0.25, 0.3) is 0 Å². The van der Waals surface area contributed by atoms with Crippen molar-refractivity contribution in [2.75, 3.05) is 0 Å². The minimum Gasteiger partial charge on any atom is -0.388 e. The summed E-state index contributed by atoms with van der Waals surface area (Å²) in [4.78, 5) is 5.10. The molecule has 2 heterocycles. The molecule has 0 radical (unpaired) electrons. The van der Waals surface area contributed by atoms with Crippen molar-refractivity contribution in [1.82, 2.24) is 9.38 Å². The van der Waals surface area contributed by atoms with E-state index in [9.17, 15) is 13.9 Å². The molecule has 2 aromatic heterocycles. The number of imidazole rings is 1. The highest BCUT2D eigenvalue weighted by molar-refractivity contribution is 7.15. The highest BCUT2D eigenvalue weighted by Crippen LogP contribution is 2.23. The number of nitrogens with zero attached hydrogens (tertiary/aromatic N) is 2. The van der Waals surface area contributed by atoms with Crippen LogP contribution in [0.2, 0.25) is 0 Å². The second-order valence-corrected chi connectivity index (χ2v) is 5.06. The Labute approximate surface area is 111 Å². The quantitative estimate of drug-likeness (QED) is 0.801. The molecule has 0 aliphatic carbocycles. The van der Waals surface area contributed by atoms with Crippen LogP contribution in [0.25, 0.3) is 4.96 Å². The maximum absolute atomic E-state index is 13.5. The second kappa shape index (κ2) is 4.71. The fourth-order valence-electron chi connectivity index (χ4n) is 1.96. The normalized spacial score (nSPS) is 13.0. The molecule has 3 aromatic rings. The Kier molecular flexibility index (Phi) is 3.04. The van der Waals surface area contributed by atoms with Gasteiger partial charge in [-0.1, -0.05) is 12.1 Å². The van der Waals surface area contributed by atoms with Crippen LogP contribution >= 0.6 is 11.3 Å². The van der Waals surface area contributed by atoms with Gasteiger partial charge in [-0.3, -0.25) is 4.40 Å². The lowest BCUT2D eigenvalue weighted by molar-refractivity contribution is 0.171. The molecule has 3 nitrogen and oxygen atoms in total. The van der Waals surface area contributed by atoms with E-state index in [4.69, 9.17) is 0 Å². The largest absolute Gasteiger partial charge is 0.388 e. The summed E-state index contributed by atoms with van der Waals surface area (Å²) in [5, 5.41) is 11.9. The number of aliphatic hydroxyl groups is 1. The molecule has 98 valence electrons. The van der Waals surface area contributed by atoms with Gasteiger partial charge in [0.2, 0.25) is 0 Å². The van der Waals surface area contributed by atoms with Gasteiger partial charge in [-0.25, -0.2) is 13.8 Å². The number of aliphatic hydroxyl groups excluding tert-OH is 1. The molecular weight excluding hydrogens is 270 g/mol. The third-order valence-corrected chi connectivity index (χ3v) is 3.66. The van der Waals surface area contributed by atoms with Crippen molar-refractivity contribution < 1.29 is 13.9 Å². The molecule has 0 aliphatic heterocycles. The summed E-state index contributed by atoms with van der Waals surface area (Å²) in [6.45, 7) is 0. The summed E-state index contributed by atoms with van der Waals surface area (Å²) in [7, 11) is 0. The molecule has 6 heteroatoms. The average Bonchev–Trinajstić information content (AvgIpc) is 2.93. The fourth-order valence-corrected chi connectivity index (χ4v) is 2.68. The Bertz CT molecular complexity index is 694. The zero-order valence-electron chi connectivity index (χ0n) is 9.75. The molecule has 0 spiro atoms. The molecule has 0 fully saturated rings. The predicted molar refractivity (Wildman–Crippen MR) is 68.1 cm³/mol. The van der Waals surface area contributed by atoms with Crippen molar-refractivity contribution in [3.05, 3.63) is 58.9 Å². The standard InChI is InChI=1S/C13H10F2N2OS/c14-10-3-1-2-9(12(10)15)11(18)6-8-7-17-4-5-19-13(17)16-8/h1-5,7,11,18H,6H2. The number of aromatic nitrogens is 2. The van der Waals surface area contributed by atoms with Crippen LogP contribution in [0, 0.1) is 11.6 Å². The van der Waals surface area contributed by atoms with E-state index >= 15 is 0 Å². The molecule has 0 saturated heterocycles. The molecule has 0 bridgehead atoms. The van der Waals surface area contributed by atoms with Crippen molar-refractivity contribution >= 4 is 16.3 Å². The van der Waals surface area contributed by atoms with Crippen molar-refractivity contribution in [3.8, 4) is 0 Å². The average molecular weight is 280 g/mol. The summed E-state index contributed by atoms with van der Waals surface area (Å²) < 4.78 is 28.5. The third-order valence-electron chi connectivity index (χ3n) is 2.89. The molecule has 0 aliphatic rings. The van der Waals surface area contributed by atoms with Gasteiger partial charge >= 0.3 is 0 Å². The van der Waals surface area contributed by atoms with E-state index in [1.54, 1.807) is 6.20 Å². The fraction of sp³-hybridized carbons (Fsp3) is 0.154. The summed E-state index contributed by atoms with van der Waals surface area (Å²) in [5.74, 6) is -1.96. The van der Waals surface area contributed by atoms with Gasteiger partial charge in [-0.05, 0) is 6.07 Å². The van der Waals surface area contributed by atoms with Crippen LogP contribution in [-0.2, 0) is 6.42 Å². The molecule has 0 amide bonds. The number of halogens is 2. The van der Waals surface area contributed by atoms with Crippen LogP contribution in [0.15, 0.2) is 36.0 Å². The highest BCUT2D eigenvalue weighted by Gasteiger charge is 2.17. The van der Waals surface area contributed by atoms with Crippen molar-refractivity contribution in [2.24, 2.45) is 0 Å². The van der Waals surface area contributed by atoms with Gasteiger partial charge < -0.3 is 5.11 Å². The van der Waals surface area contributed by atoms with Gasteiger partial charge in [0, 0.05) is 29.8 Å². The number of rotatable bonds is 3. The lowest BCUT2D eigenvalue weighted by atomic mass is 10.0. The minimum absolute atomic E-state index is 0.0450. The first kappa shape index (κ1) is 12.3. The molecule has 19 heavy (non-hydrogen) atoms. The van der Waals surface area contributed by atoms with Crippen molar-refractivity contribution in [3.63, 3.8) is 0 Å². The van der Waals surface area contributed by atoms with Crippen LogP contribution in [-0.4, -0.2) is 14.5 Å². The zero-order chi connectivity index (χ0) is 13.4. The maximum Gasteiger partial charge on any atom is 0.193 e. The zero-order valence-corrected chi connectivity index (χ0v) is 10.6. The molecule has 1 unspecified atom stereocenters. The topological polar surface area (TPSA) is 37.5 Å². The molecule has 1 N–H and O–H groups in total. The van der Waals surface area contributed by atoms with Gasteiger partial charge in [0.05, 0.1) is 11.8 Å². The first-order valence-electron chi connectivity index (χ1n) is 5.68. The smallest absolute Gasteiger partial charge is 0.193 e. The Hall–Kier alpha value is -1.79. The summed E-state index contributed by atoms with van der Waals surface area (Å²) in [6.07, 6.45) is 2.66. The molecule has 3 rings (SSSR count). The third kappa shape index (κ3) is 2.24. The molecule has 0 saturated carbocycles. The van der Waals surface area contributed by atoms with E-state index in [-0.39, 0.29) is 12.0 Å². The highest BCUT2D eigenvalue weighted by atomic mass is 32.1. The molecular formula is C13H10F2N2OS. The van der Waals surface area contributed by atoms with E-state index in [1.165, 1.54) is 23.5 Å². The number of hydrogen-bond donors (Lipinski definition) is 1. The number of thiazole rings is 1. The van der Waals surface area contributed by atoms with Crippen molar-refractivity contribution in [1.29, 1.82) is 0 Å². The number of benzene rings is 1. The molecule has 1 atom stereocenters. The summed E-state index contributed by atoms with van der Waals surface area (Å²) in [5.41, 5.74) is 0.597. The van der Waals surface area contributed by atoms with Gasteiger partial charge in [0.15, 0.2) is 16.6 Å². The van der Waals surface area contributed by atoms with E-state index in [1.807, 2.05) is 16.0 Å². The van der Waals surface area contributed by atoms with Crippen molar-refractivity contribution in [2.45, 2.75) is 12.5 Å². The number of hydrogen-bond acceptors (Lipinski definition) is 3. The Morgan fingerprint density at radius 2 is 2.21 bits per heavy atom. The van der Waals surface area contributed by atoms with E-state index in [0.717, 1.165) is 11.0 Å². The van der Waals surface area contributed by atoms with Crippen LogP contribution in [0.5, 0.6) is 0 Å². The van der Waals surface area contributed by atoms with E-state index in [0.29, 0.717) is 5.69 Å². The lowest BCUT2D eigenvalue weighted by Crippen LogP contribution is -2.06. The van der Waals surface area contributed by atoms with Crippen LogP contribution in [0.4, 0.5) is 8.78 Å². The Morgan fingerprint density at radius 3 is 3.00 bits per heavy atom. The van der Waals surface area contributed by atoms with Crippen LogP contribution in [0.3, 0.4) is 0 Å². The first-order valence-corrected chi connectivity index (χ1v) is 6.56. The summed E-state index contributed by atoms with van der Waals surface area (Å²) in [6, 6.07) is 3.78. The van der Waals surface area contributed by atoms with Gasteiger partial charge in [-0.2, -0.15) is 0 Å². The first-order chi connectivity index (χ1) is 9.15. The predicted octanol–water partition coefficient (Wildman–Crippen LogP) is 2.95. The SMILES string of the molecule is OC(Cc1cn2ccsc2n1)c1cccc(F)c1F. The Morgan fingerprint density at radius 1 is 1.37 bits per heavy atom. The van der Waals surface area contributed by atoms with E-state index in [2.05, 4.69) is 4.98 Å². The second-order valence-electron chi connectivity index (χ2n) is 4.19. The minimum atomic E-state index is -1.11. The lowest BCUT2D eigenvalue weighted by Gasteiger charge is -2.10. The Balaban J connectivity index is 1.86. The maximum atomic E-state index is 13.5. The van der Waals surface area contributed by atoms with Gasteiger partial charge in [-0.15, -0.1) is 11.3 Å². The van der Waals surface area contributed by atoms with Gasteiger partial charge in [0.1, 0.15) is 0 Å². The monoisotopic (exact) mass is 280 g/mol. The molecule has 1 aromatic carbocycles. The van der Waals surface area contributed by atoms with Crippen LogP contribution < -0.4 is 0 Å². The summed E-state index contributed by atoms with van der Waals surface area (Å²) >= 11 is 1.47. The van der Waals surface area contributed by atoms with E-state index < -0.39 is 17.7 Å². The van der Waals surface area contributed by atoms with Crippen LogP contribution in [0.1, 0.15) is 17.4 Å². The number of fused-ring (bicyclic) bond motifs is 1.